The molecule has 1 rings (SSSR count). The SMILES string of the molecule is CCCCCNc1cc(N(CC)CC)ncn1. The zero-order valence-electron chi connectivity index (χ0n) is 11.2. The third-order valence-corrected chi connectivity index (χ3v) is 2.83. The molecule has 0 fully saturated rings. The van der Waals surface area contributed by atoms with Crippen molar-refractivity contribution in [2.24, 2.45) is 0 Å². The molecule has 4 nitrogen and oxygen atoms in total. The zero-order chi connectivity index (χ0) is 12.5. The van der Waals surface area contributed by atoms with E-state index in [-0.39, 0.29) is 0 Å². The maximum absolute atomic E-state index is 4.30. The molecule has 0 spiro atoms. The molecule has 1 aromatic rings. The van der Waals surface area contributed by atoms with Crippen molar-refractivity contribution in [3.05, 3.63) is 12.4 Å². The highest BCUT2D eigenvalue weighted by atomic mass is 15.2. The van der Waals surface area contributed by atoms with Crippen molar-refractivity contribution in [1.29, 1.82) is 0 Å². The Kier molecular flexibility index (Phi) is 6.37. The van der Waals surface area contributed by atoms with Crippen molar-refractivity contribution >= 4 is 11.6 Å². The van der Waals surface area contributed by atoms with E-state index in [1.807, 2.05) is 6.07 Å². The van der Waals surface area contributed by atoms with Crippen LogP contribution in [0, 0.1) is 0 Å². The summed E-state index contributed by atoms with van der Waals surface area (Å²) in [5.74, 6) is 1.93. The highest BCUT2D eigenvalue weighted by Crippen LogP contribution is 2.13. The third-order valence-electron chi connectivity index (χ3n) is 2.83. The topological polar surface area (TPSA) is 41.0 Å². The smallest absolute Gasteiger partial charge is 0.134 e. The maximum atomic E-state index is 4.30. The minimum Gasteiger partial charge on any atom is -0.370 e. The summed E-state index contributed by atoms with van der Waals surface area (Å²) in [6.07, 6.45) is 5.34. The molecule has 0 amide bonds. The highest BCUT2D eigenvalue weighted by molar-refractivity contribution is 5.48. The van der Waals surface area contributed by atoms with Crippen molar-refractivity contribution in [2.45, 2.75) is 40.0 Å². The number of nitrogens with zero attached hydrogens (tertiary/aromatic N) is 3. The first kappa shape index (κ1) is 13.7. The second-order valence-corrected chi connectivity index (χ2v) is 4.07. The number of rotatable bonds is 8. The van der Waals surface area contributed by atoms with E-state index < -0.39 is 0 Å². The number of hydrogen-bond acceptors (Lipinski definition) is 4. The molecule has 1 heterocycles. The van der Waals surface area contributed by atoms with E-state index in [2.05, 4.69) is 41.0 Å². The summed E-state index contributed by atoms with van der Waals surface area (Å²) in [6.45, 7) is 9.43. The molecule has 1 N–H and O–H groups in total. The summed E-state index contributed by atoms with van der Waals surface area (Å²) >= 11 is 0. The predicted molar refractivity (Wildman–Crippen MR) is 73.6 cm³/mol. The quantitative estimate of drug-likeness (QED) is 0.705. The first-order valence-electron chi connectivity index (χ1n) is 6.62. The van der Waals surface area contributed by atoms with Crippen molar-refractivity contribution in [2.75, 3.05) is 29.9 Å². The van der Waals surface area contributed by atoms with Gasteiger partial charge in [-0.05, 0) is 20.3 Å². The molecule has 0 aliphatic heterocycles. The maximum Gasteiger partial charge on any atom is 0.134 e. The number of anilines is 2. The Bertz CT molecular complexity index is 310. The van der Waals surface area contributed by atoms with Crippen LogP contribution in [-0.2, 0) is 0 Å². The Morgan fingerprint density at radius 2 is 1.88 bits per heavy atom. The molecule has 17 heavy (non-hydrogen) atoms. The molecule has 1 aromatic heterocycles. The van der Waals surface area contributed by atoms with Crippen molar-refractivity contribution in [3.63, 3.8) is 0 Å². The lowest BCUT2D eigenvalue weighted by atomic mass is 10.2. The Morgan fingerprint density at radius 1 is 1.12 bits per heavy atom. The molecule has 0 saturated carbocycles. The van der Waals surface area contributed by atoms with Crippen LogP contribution in [0.1, 0.15) is 40.0 Å². The average molecular weight is 236 g/mol. The van der Waals surface area contributed by atoms with Gasteiger partial charge in [0.1, 0.15) is 18.0 Å². The van der Waals surface area contributed by atoms with Crippen LogP contribution < -0.4 is 10.2 Å². The minimum absolute atomic E-state index is 0.929. The molecule has 0 bridgehead atoms. The van der Waals surface area contributed by atoms with Gasteiger partial charge in [-0.1, -0.05) is 19.8 Å². The van der Waals surface area contributed by atoms with Gasteiger partial charge >= 0.3 is 0 Å². The van der Waals surface area contributed by atoms with E-state index in [4.69, 9.17) is 0 Å². The van der Waals surface area contributed by atoms with Crippen LogP contribution >= 0.6 is 0 Å². The fourth-order valence-corrected chi connectivity index (χ4v) is 1.76. The van der Waals surface area contributed by atoms with Gasteiger partial charge in [0.05, 0.1) is 0 Å². The van der Waals surface area contributed by atoms with Gasteiger partial charge in [0.15, 0.2) is 0 Å². The molecule has 0 aliphatic rings. The van der Waals surface area contributed by atoms with Crippen LogP contribution in [0.15, 0.2) is 12.4 Å². The molecule has 4 heteroatoms. The number of aromatic nitrogens is 2. The molecule has 0 unspecified atom stereocenters. The summed E-state index contributed by atoms with van der Waals surface area (Å²) < 4.78 is 0. The molecule has 0 atom stereocenters. The lowest BCUT2D eigenvalue weighted by Crippen LogP contribution is -2.23. The third kappa shape index (κ3) is 4.59. The van der Waals surface area contributed by atoms with E-state index in [0.717, 1.165) is 31.3 Å². The van der Waals surface area contributed by atoms with E-state index in [1.165, 1.54) is 19.3 Å². The Labute approximate surface area is 104 Å². The van der Waals surface area contributed by atoms with Crippen molar-refractivity contribution < 1.29 is 0 Å². The summed E-state index contributed by atoms with van der Waals surface area (Å²) in [5.41, 5.74) is 0. The Balaban J connectivity index is 2.53. The fourth-order valence-electron chi connectivity index (χ4n) is 1.76. The van der Waals surface area contributed by atoms with Gasteiger partial charge in [0.2, 0.25) is 0 Å². The lowest BCUT2D eigenvalue weighted by Gasteiger charge is -2.19. The molecule has 0 aromatic carbocycles. The van der Waals surface area contributed by atoms with Crippen molar-refractivity contribution in [3.8, 4) is 0 Å². The van der Waals surface area contributed by atoms with E-state index in [9.17, 15) is 0 Å². The fraction of sp³-hybridized carbons (Fsp3) is 0.692. The van der Waals surface area contributed by atoms with Crippen LogP contribution in [-0.4, -0.2) is 29.6 Å². The van der Waals surface area contributed by atoms with Crippen LogP contribution in [0.3, 0.4) is 0 Å². The van der Waals surface area contributed by atoms with Crippen LogP contribution in [0.4, 0.5) is 11.6 Å². The molecule has 0 radical (unpaired) electrons. The van der Waals surface area contributed by atoms with Crippen LogP contribution in [0.5, 0.6) is 0 Å². The monoisotopic (exact) mass is 236 g/mol. The Morgan fingerprint density at radius 3 is 2.53 bits per heavy atom. The number of unbranched alkanes of at least 4 members (excludes halogenated alkanes) is 2. The van der Waals surface area contributed by atoms with Gasteiger partial charge in [-0.2, -0.15) is 0 Å². The van der Waals surface area contributed by atoms with Crippen molar-refractivity contribution in [1.82, 2.24) is 9.97 Å². The summed E-state index contributed by atoms with van der Waals surface area (Å²) in [6, 6.07) is 2.03. The number of nitrogens with one attached hydrogen (secondary N) is 1. The summed E-state index contributed by atoms with van der Waals surface area (Å²) in [7, 11) is 0. The molecular weight excluding hydrogens is 212 g/mol. The van der Waals surface area contributed by atoms with Gasteiger partial charge in [-0.3, -0.25) is 0 Å². The predicted octanol–water partition coefficient (Wildman–Crippen LogP) is 2.92. The first-order chi connectivity index (χ1) is 8.31. The van der Waals surface area contributed by atoms with Crippen LogP contribution in [0.25, 0.3) is 0 Å². The van der Waals surface area contributed by atoms with Gasteiger partial charge < -0.3 is 10.2 Å². The summed E-state index contributed by atoms with van der Waals surface area (Å²) in [4.78, 5) is 10.8. The van der Waals surface area contributed by atoms with Gasteiger partial charge in [0.25, 0.3) is 0 Å². The second-order valence-electron chi connectivity index (χ2n) is 4.07. The lowest BCUT2D eigenvalue weighted by molar-refractivity contribution is 0.742. The summed E-state index contributed by atoms with van der Waals surface area (Å²) in [5, 5.41) is 3.35. The van der Waals surface area contributed by atoms with E-state index in [0.29, 0.717) is 0 Å². The van der Waals surface area contributed by atoms with Crippen LogP contribution in [0.2, 0.25) is 0 Å². The van der Waals surface area contributed by atoms with Gasteiger partial charge in [-0.25, -0.2) is 9.97 Å². The first-order valence-corrected chi connectivity index (χ1v) is 6.62. The molecule has 0 aliphatic carbocycles. The van der Waals surface area contributed by atoms with Gasteiger partial charge in [-0.15, -0.1) is 0 Å². The number of hydrogen-bond donors (Lipinski definition) is 1. The highest BCUT2D eigenvalue weighted by Gasteiger charge is 2.04. The van der Waals surface area contributed by atoms with E-state index in [1.54, 1.807) is 6.33 Å². The largest absolute Gasteiger partial charge is 0.370 e. The van der Waals surface area contributed by atoms with E-state index >= 15 is 0 Å². The molecular formula is C13H24N4. The Hall–Kier alpha value is -1.32. The standard InChI is InChI=1S/C13H24N4/c1-4-7-8-9-14-12-10-13(16-11-15-12)17(5-2)6-3/h10-11H,4-9H2,1-3H3,(H,14,15,16). The zero-order valence-corrected chi connectivity index (χ0v) is 11.2. The minimum atomic E-state index is 0.929. The molecule has 96 valence electrons. The second kappa shape index (κ2) is 7.87. The normalized spacial score (nSPS) is 10.3. The van der Waals surface area contributed by atoms with Gasteiger partial charge in [0, 0.05) is 25.7 Å². The average Bonchev–Trinajstić information content (AvgIpc) is 2.37. The molecule has 0 saturated heterocycles.